The molecule has 4 nitrogen and oxygen atoms in total. The van der Waals surface area contributed by atoms with Crippen molar-refractivity contribution in [1.29, 1.82) is 0 Å². The molecule has 1 aromatic carbocycles. The van der Waals surface area contributed by atoms with Crippen molar-refractivity contribution >= 4 is 19.7 Å². The minimum Gasteiger partial charge on any atom is -0.496 e. The van der Waals surface area contributed by atoms with Crippen LogP contribution in [-0.4, -0.2) is 22.6 Å². The third-order valence-electron chi connectivity index (χ3n) is 2.15. The summed E-state index contributed by atoms with van der Waals surface area (Å²) in [4.78, 5) is 0. The number of ether oxygens (including phenoxy) is 2. The smallest absolute Gasteiger partial charge is 0.236 e. The lowest BCUT2D eigenvalue weighted by Crippen LogP contribution is -1.99. The number of halogens is 1. The highest BCUT2D eigenvalue weighted by molar-refractivity contribution is 8.13. The Morgan fingerprint density at radius 3 is 1.94 bits per heavy atom. The van der Waals surface area contributed by atoms with E-state index in [1.165, 1.54) is 14.2 Å². The van der Waals surface area contributed by atoms with Crippen molar-refractivity contribution in [2.75, 3.05) is 14.2 Å². The molecule has 0 aliphatic rings. The zero-order valence-corrected chi connectivity index (χ0v) is 10.9. The molecule has 90 valence electrons. The summed E-state index contributed by atoms with van der Waals surface area (Å²) in [6.45, 7) is 1.83. The predicted molar refractivity (Wildman–Crippen MR) is 62.8 cm³/mol. The standard InChI is InChI=1S/C10H13ClO4S/c1-7-9(14-2)4-8(5-10(7)15-3)6-16(11,12)13/h4-5H,6H2,1-3H3. The molecule has 0 N–H and O–H groups in total. The minimum atomic E-state index is -3.58. The second-order valence-corrected chi connectivity index (χ2v) is 6.09. The fourth-order valence-electron chi connectivity index (χ4n) is 1.42. The van der Waals surface area contributed by atoms with Gasteiger partial charge in [0.05, 0.1) is 20.0 Å². The van der Waals surface area contributed by atoms with Crippen LogP contribution in [0.4, 0.5) is 0 Å². The summed E-state index contributed by atoms with van der Waals surface area (Å²) in [5, 5.41) is 0. The van der Waals surface area contributed by atoms with Crippen LogP contribution in [0.25, 0.3) is 0 Å². The molecule has 16 heavy (non-hydrogen) atoms. The Balaban J connectivity index is 3.22. The molecule has 1 aromatic rings. The summed E-state index contributed by atoms with van der Waals surface area (Å²) in [5.41, 5.74) is 1.36. The lowest BCUT2D eigenvalue weighted by molar-refractivity contribution is 0.388. The zero-order valence-electron chi connectivity index (χ0n) is 9.28. The zero-order chi connectivity index (χ0) is 12.3. The van der Waals surface area contributed by atoms with Gasteiger partial charge in [-0.3, -0.25) is 0 Å². The molecule has 0 fully saturated rings. The monoisotopic (exact) mass is 264 g/mol. The van der Waals surface area contributed by atoms with Crippen LogP contribution in [0.2, 0.25) is 0 Å². The SMILES string of the molecule is COc1cc(CS(=O)(=O)Cl)cc(OC)c1C. The maximum atomic E-state index is 11.0. The van der Waals surface area contributed by atoms with E-state index in [1.54, 1.807) is 12.1 Å². The van der Waals surface area contributed by atoms with Crippen molar-refractivity contribution < 1.29 is 17.9 Å². The van der Waals surface area contributed by atoms with Crippen LogP contribution in [-0.2, 0) is 14.8 Å². The number of rotatable bonds is 4. The highest BCUT2D eigenvalue weighted by Crippen LogP contribution is 2.30. The Morgan fingerprint density at radius 1 is 1.19 bits per heavy atom. The van der Waals surface area contributed by atoms with Crippen molar-refractivity contribution in [1.82, 2.24) is 0 Å². The quantitative estimate of drug-likeness (QED) is 0.782. The van der Waals surface area contributed by atoms with Crippen molar-refractivity contribution in [2.45, 2.75) is 12.7 Å². The van der Waals surface area contributed by atoms with Crippen LogP contribution in [0.1, 0.15) is 11.1 Å². The summed E-state index contributed by atoms with van der Waals surface area (Å²) in [5.74, 6) is 0.908. The van der Waals surface area contributed by atoms with Crippen molar-refractivity contribution in [2.24, 2.45) is 0 Å². The maximum Gasteiger partial charge on any atom is 0.236 e. The van der Waals surface area contributed by atoms with Crippen LogP contribution >= 0.6 is 10.7 Å². The first-order chi connectivity index (χ1) is 7.37. The lowest BCUT2D eigenvalue weighted by Gasteiger charge is -2.11. The van der Waals surface area contributed by atoms with E-state index in [4.69, 9.17) is 20.2 Å². The van der Waals surface area contributed by atoms with Gasteiger partial charge in [-0.25, -0.2) is 8.42 Å². The Bertz CT molecular complexity index is 457. The van der Waals surface area contributed by atoms with Gasteiger partial charge in [0.1, 0.15) is 11.5 Å². The summed E-state index contributed by atoms with van der Waals surface area (Å²) >= 11 is 0. The molecule has 1 rings (SSSR count). The van der Waals surface area contributed by atoms with E-state index in [9.17, 15) is 8.42 Å². The van der Waals surface area contributed by atoms with Crippen LogP contribution in [0.15, 0.2) is 12.1 Å². The van der Waals surface area contributed by atoms with Crippen LogP contribution in [0, 0.1) is 6.92 Å². The Labute approximate surface area is 99.6 Å². The second kappa shape index (κ2) is 4.93. The third kappa shape index (κ3) is 3.28. The number of benzene rings is 1. The van der Waals surface area contributed by atoms with Gasteiger partial charge in [0, 0.05) is 16.2 Å². The molecule has 0 heterocycles. The topological polar surface area (TPSA) is 52.6 Å². The molecule has 0 aliphatic carbocycles. The average Bonchev–Trinajstić information content (AvgIpc) is 2.18. The molecule has 0 spiro atoms. The summed E-state index contributed by atoms with van der Waals surface area (Å²) in [6, 6.07) is 3.27. The largest absolute Gasteiger partial charge is 0.496 e. The van der Waals surface area contributed by atoms with Crippen molar-refractivity contribution in [3.05, 3.63) is 23.3 Å². The van der Waals surface area contributed by atoms with Crippen molar-refractivity contribution in [3.63, 3.8) is 0 Å². The number of hydrogen-bond acceptors (Lipinski definition) is 4. The maximum absolute atomic E-state index is 11.0. The van der Waals surface area contributed by atoms with Crippen LogP contribution < -0.4 is 9.47 Å². The van der Waals surface area contributed by atoms with Gasteiger partial charge in [-0.1, -0.05) is 0 Å². The fraction of sp³-hybridized carbons (Fsp3) is 0.400. The van der Waals surface area contributed by atoms with Crippen molar-refractivity contribution in [3.8, 4) is 11.5 Å². The molecule has 0 amide bonds. The van der Waals surface area contributed by atoms with Gasteiger partial charge < -0.3 is 9.47 Å². The lowest BCUT2D eigenvalue weighted by atomic mass is 10.1. The molecule has 0 radical (unpaired) electrons. The molecule has 0 aliphatic heterocycles. The van der Waals surface area contributed by atoms with E-state index < -0.39 is 9.05 Å². The van der Waals surface area contributed by atoms with E-state index >= 15 is 0 Å². The minimum absolute atomic E-state index is 0.248. The van der Waals surface area contributed by atoms with Crippen LogP contribution in [0.3, 0.4) is 0 Å². The molecule has 0 aromatic heterocycles. The molecule has 0 saturated carbocycles. The second-order valence-electron chi connectivity index (χ2n) is 3.31. The molecule has 6 heteroatoms. The van der Waals surface area contributed by atoms with Gasteiger partial charge >= 0.3 is 0 Å². The Kier molecular flexibility index (Phi) is 4.04. The highest BCUT2D eigenvalue weighted by Gasteiger charge is 2.13. The molecule has 0 saturated heterocycles. The molecular formula is C10H13ClO4S. The van der Waals surface area contributed by atoms with E-state index in [0.29, 0.717) is 17.1 Å². The summed E-state index contributed by atoms with van der Waals surface area (Å²) < 4.78 is 32.2. The molecule has 0 atom stereocenters. The predicted octanol–water partition coefficient (Wildman–Crippen LogP) is 2.08. The van der Waals surface area contributed by atoms with E-state index in [2.05, 4.69) is 0 Å². The third-order valence-corrected chi connectivity index (χ3v) is 3.16. The molecular weight excluding hydrogens is 252 g/mol. The number of hydrogen-bond donors (Lipinski definition) is 0. The first-order valence-corrected chi connectivity index (χ1v) is 6.99. The van der Waals surface area contributed by atoms with Gasteiger partial charge in [0.25, 0.3) is 0 Å². The number of methoxy groups -OCH3 is 2. The van der Waals surface area contributed by atoms with Gasteiger partial charge in [-0.2, -0.15) is 0 Å². The van der Waals surface area contributed by atoms with Gasteiger partial charge in [0.2, 0.25) is 9.05 Å². The fourth-order valence-corrected chi connectivity index (χ4v) is 2.37. The average molecular weight is 265 g/mol. The summed E-state index contributed by atoms with van der Waals surface area (Å²) in [7, 11) is 4.64. The highest BCUT2D eigenvalue weighted by atomic mass is 35.7. The first-order valence-electron chi connectivity index (χ1n) is 4.51. The molecule has 0 unspecified atom stereocenters. The Hall–Kier alpha value is -0.940. The van der Waals surface area contributed by atoms with E-state index in [-0.39, 0.29) is 5.75 Å². The van der Waals surface area contributed by atoms with Gasteiger partial charge in [0.15, 0.2) is 0 Å². The normalized spacial score (nSPS) is 11.2. The first kappa shape index (κ1) is 13.1. The molecule has 0 bridgehead atoms. The van der Waals surface area contributed by atoms with Crippen LogP contribution in [0.5, 0.6) is 11.5 Å². The van der Waals surface area contributed by atoms with Gasteiger partial charge in [-0.15, -0.1) is 0 Å². The van der Waals surface area contributed by atoms with Gasteiger partial charge in [-0.05, 0) is 24.6 Å². The summed E-state index contributed by atoms with van der Waals surface area (Å²) in [6.07, 6.45) is 0. The Morgan fingerprint density at radius 2 is 1.62 bits per heavy atom. The van der Waals surface area contributed by atoms with E-state index in [1.807, 2.05) is 6.92 Å². The van der Waals surface area contributed by atoms with E-state index in [0.717, 1.165) is 5.56 Å².